The Hall–Kier alpha value is -2.87. The maximum absolute atomic E-state index is 13.4. The summed E-state index contributed by atoms with van der Waals surface area (Å²) in [5.74, 6) is -0.238. The van der Waals surface area contributed by atoms with Crippen molar-refractivity contribution in [3.63, 3.8) is 0 Å². The molecule has 3 aromatic carbocycles. The van der Waals surface area contributed by atoms with Crippen molar-refractivity contribution >= 4 is 11.6 Å². The van der Waals surface area contributed by atoms with Crippen LogP contribution in [0.4, 0.5) is 5.69 Å². The second-order valence-electron chi connectivity index (χ2n) is 6.37. The van der Waals surface area contributed by atoms with Gasteiger partial charge in [0.25, 0.3) is 0 Å². The molecule has 2 nitrogen and oxygen atoms in total. The third-order valence-corrected chi connectivity index (χ3v) is 4.78. The summed E-state index contributed by atoms with van der Waals surface area (Å²) in [5.41, 5.74) is 5.31. The van der Waals surface area contributed by atoms with Crippen LogP contribution in [0.3, 0.4) is 0 Å². The first kappa shape index (κ1) is 17.0. The number of carbonyl (C=O) groups is 1. The zero-order valence-corrected chi connectivity index (χ0v) is 14.9. The van der Waals surface area contributed by atoms with Gasteiger partial charge in [-0.1, -0.05) is 72.8 Å². The van der Waals surface area contributed by atoms with Crippen LogP contribution < -0.4 is 4.90 Å². The molecule has 0 saturated heterocycles. The molecule has 1 amide bonds. The number of aryl methyl sites for hydroxylation is 1. The van der Waals surface area contributed by atoms with Gasteiger partial charge in [-0.3, -0.25) is 4.79 Å². The third-order valence-electron chi connectivity index (χ3n) is 4.78. The average molecular weight is 329 g/mol. The van der Waals surface area contributed by atoms with Crippen LogP contribution in [0.15, 0.2) is 78.9 Å². The van der Waals surface area contributed by atoms with E-state index in [-0.39, 0.29) is 11.8 Å². The summed E-state index contributed by atoms with van der Waals surface area (Å²) in [4.78, 5) is 15.2. The fraction of sp³-hybridized carbons (Fsp3) is 0.174. The molecule has 25 heavy (non-hydrogen) atoms. The van der Waals surface area contributed by atoms with Crippen LogP contribution in [0.5, 0.6) is 0 Å². The highest BCUT2D eigenvalue weighted by Crippen LogP contribution is 2.30. The van der Waals surface area contributed by atoms with Gasteiger partial charge in [-0.2, -0.15) is 0 Å². The van der Waals surface area contributed by atoms with Crippen LogP contribution >= 0.6 is 0 Å². The predicted molar refractivity (Wildman–Crippen MR) is 104 cm³/mol. The zero-order valence-electron chi connectivity index (χ0n) is 14.9. The lowest BCUT2D eigenvalue weighted by molar-refractivity contribution is -0.118. The number of carbonyl (C=O) groups excluding carboxylic acids is 1. The molecule has 0 aliphatic heterocycles. The van der Waals surface area contributed by atoms with E-state index in [1.54, 1.807) is 4.90 Å². The molecule has 0 saturated carbocycles. The molecule has 126 valence electrons. The Morgan fingerprint density at radius 3 is 1.80 bits per heavy atom. The van der Waals surface area contributed by atoms with Crippen molar-refractivity contribution in [1.29, 1.82) is 0 Å². The number of hydrogen-bond acceptors (Lipinski definition) is 1. The van der Waals surface area contributed by atoms with Crippen molar-refractivity contribution in [3.05, 3.63) is 101 Å². The molecule has 0 aromatic heterocycles. The smallest absolute Gasteiger partial charge is 0.238 e. The Kier molecular flexibility index (Phi) is 4.99. The Bertz CT molecular complexity index is 816. The Morgan fingerprint density at radius 1 is 0.760 bits per heavy atom. The van der Waals surface area contributed by atoms with Crippen LogP contribution in [0.2, 0.25) is 0 Å². The lowest BCUT2D eigenvalue weighted by Crippen LogP contribution is -2.32. The van der Waals surface area contributed by atoms with Gasteiger partial charge >= 0.3 is 0 Å². The van der Waals surface area contributed by atoms with Gasteiger partial charge in [-0.05, 0) is 42.2 Å². The molecule has 0 spiro atoms. The van der Waals surface area contributed by atoms with Crippen LogP contribution in [0, 0.1) is 13.8 Å². The molecular weight excluding hydrogens is 306 g/mol. The molecule has 0 heterocycles. The van der Waals surface area contributed by atoms with E-state index < -0.39 is 0 Å². The third kappa shape index (κ3) is 3.48. The summed E-state index contributed by atoms with van der Waals surface area (Å²) in [5, 5.41) is 0. The van der Waals surface area contributed by atoms with E-state index in [0.29, 0.717) is 0 Å². The Morgan fingerprint density at radius 2 is 1.28 bits per heavy atom. The lowest BCUT2D eigenvalue weighted by atomic mass is 9.90. The maximum Gasteiger partial charge on any atom is 0.238 e. The summed E-state index contributed by atoms with van der Waals surface area (Å²) in [6.07, 6.45) is 0. The minimum atomic E-state index is -0.313. The van der Waals surface area contributed by atoms with Crippen LogP contribution in [-0.4, -0.2) is 13.0 Å². The van der Waals surface area contributed by atoms with Gasteiger partial charge < -0.3 is 4.90 Å². The second kappa shape index (κ2) is 7.35. The van der Waals surface area contributed by atoms with E-state index in [1.807, 2.05) is 79.8 Å². The van der Waals surface area contributed by atoms with E-state index in [0.717, 1.165) is 22.4 Å². The molecule has 0 aliphatic carbocycles. The molecule has 0 bridgehead atoms. The number of nitrogens with zero attached hydrogens (tertiary/aromatic N) is 1. The number of amides is 1. The molecule has 2 heteroatoms. The number of rotatable bonds is 4. The van der Waals surface area contributed by atoms with Gasteiger partial charge in [0.2, 0.25) is 5.91 Å². The van der Waals surface area contributed by atoms with Crippen LogP contribution in [-0.2, 0) is 4.79 Å². The molecule has 0 fully saturated rings. The average Bonchev–Trinajstić information content (AvgIpc) is 2.65. The highest BCUT2D eigenvalue weighted by atomic mass is 16.2. The quantitative estimate of drug-likeness (QED) is 0.652. The fourth-order valence-corrected chi connectivity index (χ4v) is 3.18. The molecule has 3 aromatic rings. The monoisotopic (exact) mass is 329 g/mol. The molecule has 0 atom stereocenters. The number of anilines is 1. The van der Waals surface area contributed by atoms with Crippen molar-refractivity contribution < 1.29 is 4.79 Å². The van der Waals surface area contributed by atoms with Crippen molar-refractivity contribution in [2.24, 2.45) is 0 Å². The first-order chi connectivity index (χ1) is 12.1. The highest BCUT2D eigenvalue weighted by molar-refractivity contribution is 6.00. The molecular formula is C23H23NO. The van der Waals surface area contributed by atoms with Gasteiger partial charge in [0.15, 0.2) is 0 Å². The summed E-state index contributed by atoms with van der Waals surface area (Å²) in [6.45, 7) is 4.14. The van der Waals surface area contributed by atoms with Gasteiger partial charge in [0.05, 0.1) is 5.92 Å². The summed E-state index contributed by atoms with van der Waals surface area (Å²) >= 11 is 0. The maximum atomic E-state index is 13.4. The Labute approximate surface area is 149 Å². The van der Waals surface area contributed by atoms with Gasteiger partial charge in [-0.15, -0.1) is 0 Å². The molecule has 0 aliphatic rings. The second-order valence-corrected chi connectivity index (χ2v) is 6.37. The molecule has 0 radical (unpaired) electrons. The normalized spacial score (nSPS) is 10.7. The van der Waals surface area contributed by atoms with Crippen LogP contribution in [0.25, 0.3) is 0 Å². The fourth-order valence-electron chi connectivity index (χ4n) is 3.18. The van der Waals surface area contributed by atoms with Crippen molar-refractivity contribution in [2.75, 3.05) is 11.9 Å². The topological polar surface area (TPSA) is 20.3 Å². The van der Waals surface area contributed by atoms with Crippen molar-refractivity contribution in [3.8, 4) is 0 Å². The zero-order chi connectivity index (χ0) is 17.8. The standard InChI is InChI=1S/C23H23NO/c1-17-11-10-16-21(18(17)2)24(3)23(25)22(19-12-6-4-7-13-19)20-14-8-5-9-15-20/h4-16,22H,1-3H3. The van der Waals surface area contributed by atoms with E-state index in [4.69, 9.17) is 0 Å². The molecule has 0 N–H and O–H groups in total. The van der Waals surface area contributed by atoms with Crippen molar-refractivity contribution in [1.82, 2.24) is 0 Å². The molecule has 0 unspecified atom stereocenters. The minimum absolute atomic E-state index is 0.0751. The van der Waals surface area contributed by atoms with E-state index in [2.05, 4.69) is 19.9 Å². The summed E-state index contributed by atoms with van der Waals surface area (Å²) in [6, 6.07) is 26.0. The lowest BCUT2D eigenvalue weighted by Gasteiger charge is -2.26. The molecule has 3 rings (SSSR count). The number of likely N-dealkylation sites (N-methyl/N-ethyl adjacent to an activating group) is 1. The van der Waals surface area contributed by atoms with E-state index >= 15 is 0 Å². The van der Waals surface area contributed by atoms with Crippen LogP contribution in [0.1, 0.15) is 28.2 Å². The van der Waals surface area contributed by atoms with E-state index in [1.165, 1.54) is 5.56 Å². The van der Waals surface area contributed by atoms with Crippen molar-refractivity contribution in [2.45, 2.75) is 19.8 Å². The predicted octanol–water partition coefficient (Wildman–Crippen LogP) is 5.10. The van der Waals surface area contributed by atoms with Gasteiger partial charge in [-0.25, -0.2) is 0 Å². The highest BCUT2D eigenvalue weighted by Gasteiger charge is 2.27. The summed E-state index contributed by atoms with van der Waals surface area (Å²) < 4.78 is 0. The minimum Gasteiger partial charge on any atom is -0.314 e. The largest absolute Gasteiger partial charge is 0.314 e. The number of benzene rings is 3. The first-order valence-corrected chi connectivity index (χ1v) is 8.53. The Balaban J connectivity index is 2.04. The number of hydrogen-bond donors (Lipinski definition) is 0. The SMILES string of the molecule is Cc1cccc(N(C)C(=O)C(c2ccccc2)c2ccccc2)c1C. The van der Waals surface area contributed by atoms with Gasteiger partial charge in [0.1, 0.15) is 0 Å². The first-order valence-electron chi connectivity index (χ1n) is 8.53. The summed E-state index contributed by atoms with van der Waals surface area (Å²) in [7, 11) is 1.86. The van der Waals surface area contributed by atoms with Gasteiger partial charge in [0, 0.05) is 12.7 Å². The van der Waals surface area contributed by atoms with E-state index in [9.17, 15) is 4.79 Å².